The van der Waals surface area contributed by atoms with Crippen molar-refractivity contribution in [2.45, 2.75) is 25.2 Å². The first-order valence-corrected chi connectivity index (χ1v) is 11.0. The maximum atomic E-state index is 13.5. The van der Waals surface area contributed by atoms with Crippen LogP contribution in [0.3, 0.4) is 0 Å². The molecule has 1 aliphatic rings. The Morgan fingerprint density at radius 1 is 1.04 bits per heavy atom. The fraction of sp³-hybridized carbons (Fsp3) is 0.238. The lowest BCUT2D eigenvalue weighted by Gasteiger charge is -2.24. The monoisotopic (exact) mass is 444 g/mol. The molecule has 0 amide bonds. The van der Waals surface area contributed by atoms with Crippen molar-refractivity contribution in [2.75, 3.05) is 10.8 Å². The van der Waals surface area contributed by atoms with Crippen LogP contribution in [0.25, 0.3) is 10.9 Å². The van der Waals surface area contributed by atoms with Gasteiger partial charge < -0.3 is 4.57 Å². The van der Waals surface area contributed by atoms with Crippen LogP contribution in [0, 0.1) is 6.92 Å². The quantitative estimate of drug-likeness (QED) is 0.524. The molecule has 0 bridgehead atoms. The largest absolute Gasteiger partial charge is 0.330 e. The van der Waals surface area contributed by atoms with E-state index in [0.29, 0.717) is 11.4 Å². The van der Waals surface area contributed by atoms with E-state index in [1.807, 2.05) is 48.9 Å². The molecule has 0 fully saturated rings. The minimum absolute atomic E-state index is 0.318. The third-order valence-electron chi connectivity index (χ3n) is 5.14. The van der Waals surface area contributed by atoms with Gasteiger partial charge in [0.25, 0.3) is 10.0 Å². The van der Waals surface area contributed by atoms with Gasteiger partial charge in [0.2, 0.25) is 0 Å². The number of aromatic nitrogens is 1. The van der Waals surface area contributed by atoms with Gasteiger partial charge in [-0.05, 0) is 50.6 Å². The Morgan fingerprint density at radius 2 is 1.74 bits per heavy atom. The fourth-order valence-corrected chi connectivity index (χ4v) is 5.52. The molecule has 0 aliphatic carbocycles. The number of hydrogen-bond acceptors (Lipinski definition) is 2. The van der Waals surface area contributed by atoms with Gasteiger partial charge in [-0.3, -0.25) is 0 Å². The van der Waals surface area contributed by atoms with Crippen LogP contribution < -0.4 is 4.31 Å². The van der Waals surface area contributed by atoms with Gasteiger partial charge in [0.05, 0.1) is 11.4 Å². The van der Waals surface area contributed by atoms with Crippen molar-refractivity contribution in [1.82, 2.24) is 4.57 Å². The SMILES string of the molecule is CC1=CCN(S(=O)(=O)c2ccc(C)cc2)c2c(c3cc(Br)ccc3n2C)C1. The van der Waals surface area contributed by atoms with Gasteiger partial charge in [0.15, 0.2) is 0 Å². The van der Waals surface area contributed by atoms with Crippen LogP contribution in [0.2, 0.25) is 0 Å². The summed E-state index contributed by atoms with van der Waals surface area (Å²) < 4.78 is 31.5. The fourth-order valence-electron chi connectivity index (χ4n) is 3.70. The number of anilines is 1. The number of benzene rings is 2. The van der Waals surface area contributed by atoms with Gasteiger partial charge in [-0.15, -0.1) is 0 Å². The van der Waals surface area contributed by atoms with Crippen molar-refractivity contribution in [3.63, 3.8) is 0 Å². The average Bonchev–Trinajstić information content (AvgIpc) is 2.77. The molecular weight excluding hydrogens is 424 g/mol. The highest BCUT2D eigenvalue weighted by Gasteiger charge is 2.31. The zero-order chi connectivity index (χ0) is 19.3. The summed E-state index contributed by atoms with van der Waals surface area (Å²) in [5.74, 6) is 0.747. The van der Waals surface area contributed by atoms with Gasteiger partial charge in [0.1, 0.15) is 5.82 Å². The predicted octanol–water partition coefficient (Wildman–Crippen LogP) is 4.95. The summed E-state index contributed by atoms with van der Waals surface area (Å²) in [7, 11) is -1.73. The third kappa shape index (κ3) is 3.01. The van der Waals surface area contributed by atoms with Gasteiger partial charge in [-0.25, -0.2) is 12.7 Å². The standard InChI is InChI=1S/C21H21BrN2O2S/c1-14-4-7-17(8-5-14)27(25,26)24-11-10-15(2)12-19-18-13-16(22)6-9-20(18)23(3)21(19)24/h4-10,13H,11-12H2,1-3H3. The predicted molar refractivity (Wildman–Crippen MR) is 114 cm³/mol. The van der Waals surface area contributed by atoms with E-state index in [2.05, 4.69) is 28.9 Å². The number of rotatable bonds is 2. The number of hydrogen-bond donors (Lipinski definition) is 0. The summed E-state index contributed by atoms with van der Waals surface area (Å²) >= 11 is 3.55. The van der Waals surface area contributed by atoms with Crippen LogP contribution in [0.1, 0.15) is 18.1 Å². The molecule has 2 aromatic carbocycles. The van der Waals surface area contributed by atoms with E-state index in [1.165, 1.54) is 9.88 Å². The molecule has 0 unspecified atom stereocenters. The number of allylic oxidation sites excluding steroid dienone is 1. The molecule has 27 heavy (non-hydrogen) atoms. The smallest absolute Gasteiger partial charge is 0.265 e. The van der Waals surface area contributed by atoms with E-state index >= 15 is 0 Å². The molecule has 6 heteroatoms. The molecule has 2 heterocycles. The molecule has 0 N–H and O–H groups in total. The molecule has 140 valence electrons. The van der Waals surface area contributed by atoms with Crippen LogP contribution in [0.15, 0.2) is 63.5 Å². The summed E-state index contributed by atoms with van der Waals surface area (Å²) in [6, 6.07) is 13.1. The van der Waals surface area contributed by atoms with Crippen molar-refractivity contribution in [3.8, 4) is 0 Å². The van der Waals surface area contributed by atoms with E-state index in [9.17, 15) is 8.42 Å². The van der Waals surface area contributed by atoms with E-state index in [-0.39, 0.29) is 0 Å². The number of fused-ring (bicyclic) bond motifs is 3. The molecule has 1 aromatic heterocycles. The lowest BCUT2D eigenvalue weighted by molar-refractivity contribution is 0.591. The minimum Gasteiger partial charge on any atom is -0.330 e. The lowest BCUT2D eigenvalue weighted by Crippen LogP contribution is -2.33. The summed E-state index contributed by atoms with van der Waals surface area (Å²) in [4.78, 5) is 0.318. The summed E-state index contributed by atoms with van der Waals surface area (Å²) in [5.41, 5.74) is 4.29. The summed E-state index contributed by atoms with van der Waals surface area (Å²) in [6.45, 7) is 4.34. The molecular formula is C21H21BrN2O2S. The Morgan fingerprint density at radius 3 is 2.44 bits per heavy atom. The summed E-state index contributed by atoms with van der Waals surface area (Å²) in [6.07, 6.45) is 2.75. The first kappa shape index (κ1) is 18.3. The van der Waals surface area contributed by atoms with Crippen LogP contribution in [-0.4, -0.2) is 19.5 Å². The first-order valence-electron chi connectivity index (χ1n) is 8.81. The third-order valence-corrected chi connectivity index (χ3v) is 7.40. The van der Waals surface area contributed by atoms with Gasteiger partial charge in [-0.2, -0.15) is 0 Å². The Labute approximate surface area is 168 Å². The Bertz CT molecular complexity index is 1180. The highest BCUT2D eigenvalue weighted by Crippen LogP contribution is 2.39. The highest BCUT2D eigenvalue weighted by molar-refractivity contribution is 9.10. The zero-order valence-corrected chi connectivity index (χ0v) is 17.9. The number of nitrogens with zero attached hydrogens (tertiary/aromatic N) is 2. The number of sulfonamides is 1. The molecule has 0 atom stereocenters. The minimum atomic E-state index is -3.66. The van der Waals surface area contributed by atoms with Gasteiger partial charge in [-0.1, -0.05) is 45.3 Å². The number of aryl methyl sites for hydroxylation is 2. The van der Waals surface area contributed by atoms with Crippen molar-refractivity contribution in [1.29, 1.82) is 0 Å². The van der Waals surface area contributed by atoms with Crippen molar-refractivity contribution in [3.05, 3.63) is 69.7 Å². The second kappa shape index (κ2) is 6.53. The Kier molecular flexibility index (Phi) is 4.43. The molecule has 0 saturated heterocycles. The Balaban J connectivity index is 1.99. The van der Waals surface area contributed by atoms with Crippen LogP contribution in [-0.2, 0) is 23.5 Å². The lowest BCUT2D eigenvalue weighted by atomic mass is 10.1. The van der Waals surface area contributed by atoms with E-state index in [1.54, 1.807) is 12.1 Å². The second-order valence-corrected chi connectivity index (χ2v) is 9.88. The number of halogens is 1. The molecule has 0 spiro atoms. The zero-order valence-electron chi connectivity index (χ0n) is 15.5. The second-order valence-electron chi connectivity index (χ2n) is 7.10. The molecule has 1 aliphatic heterocycles. The molecule has 3 aromatic rings. The van der Waals surface area contributed by atoms with Crippen molar-refractivity contribution < 1.29 is 8.42 Å². The van der Waals surface area contributed by atoms with Gasteiger partial charge in [0, 0.05) is 28.0 Å². The van der Waals surface area contributed by atoms with E-state index in [4.69, 9.17) is 0 Å². The van der Waals surface area contributed by atoms with Crippen LogP contribution >= 0.6 is 15.9 Å². The van der Waals surface area contributed by atoms with Gasteiger partial charge >= 0.3 is 0 Å². The normalized spacial score (nSPS) is 14.8. The maximum absolute atomic E-state index is 13.5. The van der Waals surface area contributed by atoms with E-state index < -0.39 is 10.0 Å². The molecule has 4 rings (SSSR count). The average molecular weight is 445 g/mol. The van der Waals surface area contributed by atoms with E-state index in [0.717, 1.165) is 38.7 Å². The van der Waals surface area contributed by atoms with Crippen LogP contribution in [0.4, 0.5) is 5.82 Å². The van der Waals surface area contributed by atoms with Crippen molar-refractivity contribution in [2.24, 2.45) is 7.05 Å². The maximum Gasteiger partial charge on any atom is 0.265 e. The molecule has 0 radical (unpaired) electrons. The van der Waals surface area contributed by atoms with Crippen LogP contribution in [0.5, 0.6) is 0 Å². The Hall–Kier alpha value is -2.05. The highest BCUT2D eigenvalue weighted by atomic mass is 79.9. The first-order chi connectivity index (χ1) is 12.8. The van der Waals surface area contributed by atoms with Crippen molar-refractivity contribution >= 4 is 42.7 Å². The molecule has 4 nitrogen and oxygen atoms in total. The summed E-state index contributed by atoms with van der Waals surface area (Å²) in [5, 5.41) is 1.08. The molecule has 0 saturated carbocycles. The topological polar surface area (TPSA) is 42.3 Å².